The number of sulfonamides is 1. The largest absolute Gasteiger partial charge is 0.388 e. The van der Waals surface area contributed by atoms with E-state index < -0.39 is 10.0 Å². The third-order valence-electron chi connectivity index (χ3n) is 1.83. The molecule has 0 saturated heterocycles. The van der Waals surface area contributed by atoms with Gasteiger partial charge in [-0.05, 0) is 12.1 Å². The number of hydrogen-bond acceptors (Lipinski definition) is 5. The summed E-state index contributed by atoms with van der Waals surface area (Å²) in [4.78, 5) is 4.21. The highest BCUT2D eigenvalue weighted by Gasteiger charge is 2.01. The third-order valence-corrected chi connectivity index (χ3v) is 2.77. The Labute approximate surface area is 106 Å². The van der Waals surface area contributed by atoms with Gasteiger partial charge in [-0.15, -0.1) is 0 Å². The number of aromatic nitrogens is 1. The predicted octanol–water partition coefficient (Wildman–Crippen LogP) is -0.323. The van der Waals surface area contributed by atoms with Gasteiger partial charge in [0, 0.05) is 25.0 Å². The predicted molar refractivity (Wildman–Crippen MR) is 71.5 cm³/mol. The van der Waals surface area contributed by atoms with E-state index in [4.69, 9.17) is 18.0 Å². The van der Waals surface area contributed by atoms with Crippen molar-refractivity contribution in [2.75, 3.05) is 24.7 Å². The van der Waals surface area contributed by atoms with E-state index in [-0.39, 0.29) is 4.99 Å². The molecule has 1 heterocycles. The first-order chi connectivity index (χ1) is 7.88. The standard InChI is InChI=1S/C9H14N4O2S2/c1-17(14,15)13-5-4-11-7-2-3-12-8(6-7)9(10)16/h2-3,6,13H,4-5H2,1H3,(H2,10,16)(H,11,12). The van der Waals surface area contributed by atoms with E-state index in [1.54, 1.807) is 18.3 Å². The lowest BCUT2D eigenvalue weighted by Gasteiger charge is -2.07. The van der Waals surface area contributed by atoms with Crippen molar-refractivity contribution < 1.29 is 8.42 Å². The van der Waals surface area contributed by atoms with Crippen LogP contribution in [0, 0.1) is 0 Å². The Morgan fingerprint density at radius 3 is 2.82 bits per heavy atom. The van der Waals surface area contributed by atoms with Crippen LogP contribution >= 0.6 is 12.2 Å². The van der Waals surface area contributed by atoms with Gasteiger partial charge in [0.05, 0.1) is 11.9 Å². The fraction of sp³-hybridized carbons (Fsp3) is 0.333. The monoisotopic (exact) mass is 274 g/mol. The van der Waals surface area contributed by atoms with Crippen molar-refractivity contribution in [3.8, 4) is 0 Å². The van der Waals surface area contributed by atoms with Crippen LogP contribution < -0.4 is 15.8 Å². The van der Waals surface area contributed by atoms with Crippen molar-refractivity contribution in [1.82, 2.24) is 9.71 Å². The zero-order valence-electron chi connectivity index (χ0n) is 9.30. The smallest absolute Gasteiger partial charge is 0.208 e. The summed E-state index contributed by atoms with van der Waals surface area (Å²) in [6.07, 6.45) is 2.70. The Hall–Kier alpha value is -1.25. The molecule has 4 N–H and O–H groups in total. The average molecular weight is 274 g/mol. The molecule has 0 amide bonds. The van der Waals surface area contributed by atoms with Crippen LogP contribution in [0.5, 0.6) is 0 Å². The van der Waals surface area contributed by atoms with Gasteiger partial charge in [0.25, 0.3) is 0 Å². The van der Waals surface area contributed by atoms with Crippen LogP contribution in [-0.4, -0.2) is 37.7 Å². The summed E-state index contributed by atoms with van der Waals surface area (Å²) in [5, 5.41) is 3.03. The summed E-state index contributed by atoms with van der Waals surface area (Å²) in [5.41, 5.74) is 6.76. The topological polar surface area (TPSA) is 97.1 Å². The molecule has 0 fully saturated rings. The number of nitrogens with one attached hydrogen (secondary N) is 2. The minimum Gasteiger partial charge on any atom is -0.388 e. The summed E-state index contributed by atoms with van der Waals surface area (Å²) in [6.45, 7) is 0.775. The Balaban J connectivity index is 2.47. The fourth-order valence-corrected chi connectivity index (χ4v) is 1.70. The Kier molecular flexibility index (Phi) is 4.79. The van der Waals surface area contributed by atoms with E-state index in [2.05, 4.69) is 15.0 Å². The molecule has 17 heavy (non-hydrogen) atoms. The first kappa shape index (κ1) is 13.8. The zero-order valence-corrected chi connectivity index (χ0v) is 10.9. The normalized spacial score (nSPS) is 11.1. The van der Waals surface area contributed by atoms with E-state index in [1.165, 1.54) is 0 Å². The lowest BCUT2D eigenvalue weighted by molar-refractivity contribution is 0.589. The number of pyridine rings is 1. The highest BCUT2D eigenvalue weighted by molar-refractivity contribution is 7.88. The van der Waals surface area contributed by atoms with Gasteiger partial charge in [0.2, 0.25) is 10.0 Å². The Morgan fingerprint density at radius 1 is 1.53 bits per heavy atom. The van der Waals surface area contributed by atoms with Gasteiger partial charge >= 0.3 is 0 Å². The van der Waals surface area contributed by atoms with E-state index in [1.807, 2.05) is 0 Å². The van der Waals surface area contributed by atoms with Crippen LogP contribution in [0.2, 0.25) is 0 Å². The van der Waals surface area contributed by atoms with E-state index in [0.29, 0.717) is 18.8 Å². The van der Waals surface area contributed by atoms with Crippen LogP contribution in [0.15, 0.2) is 18.3 Å². The van der Waals surface area contributed by atoms with E-state index in [0.717, 1.165) is 11.9 Å². The number of nitrogens with two attached hydrogens (primary N) is 1. The highest BCUT2D eigenvalue weighted by atomic mass is 32.2. The zero-order chi connectivity index (χ0) is 12.9. The summed E-state index contributed by atoms with van der Waals surface area (Å²) in [5.74, 6) is 0. The molecule has 94 valence electrons. The van der Waals surface area contributed by atoms with Gasteiger partial charge in [-0.3, -0.25) is 4.98 Å². The summed E-state index contributed by atoms with van der Waals surface area (Å²) < 4.78 is 24.0. The lowest BCUT2D eigenvalue weighted by Crippen LogP contribution is -2.27. The van der Waals surface area contributed by atoms with Crippen molar-refractivity contribution >= 4 is 32.9 Å². The molecule has 1 aromatic rings. The number of anilines is 1. The SMILES string of the molecule is CS(=O)(=O)NCCNc1ccnc(C(N)=S)c1. The molecule has 0 atom stereocenters. The minimum absolute atomic E-state index is 0.225. The molecule has 0 spiro atoms. The van der Waals surface area contributed by atoms with Gasteiger partial charge in [-0.1, -0.05) is 12.2 Å². The Morgan fingerprint density at radius 2 is 2.24 bits per heavy atom. The maximum Gasteiger partial charge on any atom is 0.208 e. The van der Waals surface area contributed by atoms with Gasteiger partial charge < -0.3 is 11.1 Å². The number of hydrogen-bond donors (Lipinski definition) is 3. The molecule has 0 radical (unpaired) electrons. The summed E-state index contributed by atoms with van der Waals surface area (Å²) in [7, 11) is -3.14. The maximum atomic E-state index is 10.8. The maximum absolute atomic E-state index is 10.8. The van der Waals surface area contributed by atoms with Crippen LogP contribution in [0.3, 0.4) is 0 Å². The molecular formula is C9H14N4O2S2. The highest BCUT2D eigenvalue weighted by Crippen LogP contribution is 2.06. The first-order valence-corrected chi connectivity index (χ1v) is 7.13. The van der Waals surface area contributed by atoms with Crippen molar-refractivity contribution in [1.29, 1.82) is 0 Å². The van der Waals surface area contributed by atoms with Gasteiger partial charge in [0.1, 0.15) is 4.99 Å². The second-order valence-corrected chi connectivity index (χ2v) is 5.66. The number of nitrogens with zero attached hydrogens (tertiary/aromatic N) is 1. The number of thiocarbonyl (C=S) groups is 1. The van der Waals surface area contributed by atoms with Crippen LogP contribution in [0.4, 0.5) is 5.69 Å². The quantitative estimate of drug-likeness (QED) is 0.486. The minimum atomic E-state index is -3.14. The lowest BCUT2D eigenvalue weighted by atomic mass is 10.3. The molecule has 0 saturated carbocycles. The van der Waals surface area contributed by atoms with Crippen LogP contribution in [0.25, 0.3) is 0 Å². The molecule has 1 rings (SSSR count). The van der Waals surface area contributed by atoms with Crippen molar-refractivity contribution in [3.05, 3.63) is 24.0 Å². The number of rotatable bonds is 6. The average Bonchev–Trinajstić information content (AvgIpc) is 2.23. The second-order valence-electron chi connectivity index (χ2n) is 3.39. The van der Waals surface area contributed by atoms with Gasteiger partial charge in [0.15, 0.2) is 0 Å². The first-order valence-electron chi connectivity index (χ1n) is 4.83. The van der Waals surface area contributed by atoms with E-state index >= 15 is 0 Å². The van der Waals surface area contributed by atoms with Crippen LogP contribution in [-0.2, 0) is 10.0 Å². The fourth-order valence-electron chi connectivity index (χ4n) is 1.12. The molecule has 8 heteroatoms. The molecule has 0 aliphatic rings. The molecule has 1 aromatic heterocycles. The van der Waals surface area contributed by atoms with Gasteiger partial charge in [-0.2, -0.15) is 0 Å². The van der Waals surface area contributed by atoms with Crippen LogP contribution in [0.1, 0.15) is 5.69 Å². The molecular weight excluding hydrogens is 260 g/mol. The molecule has 0 aliphatic carbocycles. The van der Waals surface area contributed by atoms with Gasteiger partial charge in [-0.25, -0.2) is 13.1 Å². The Bertz CT molecular complexity index is 501. The molecule has 6 nitrogen and oxygen atoms in total. The molecule has 0 aromatic carbocycles. The molecule has 0 bridgehead atoms. The van der Waals surface area contributed by atoms with E-state index in [9.17, 15) is 8.42 Å². The second kappa shape index (κ2) is 5.89. The van der Waals surface area contributed by atoms with Crippen molar-refractivity contribution in [2.24, 2.45) is 5.73 Å². The summed E-state index contributed by atoms with van der Waals surface area (Å²) in [6, 6.07) is 3.46. The van der Waals surface area contributed by atoms with Crippen molar-refractivity contribution in [2.45, 2.75) is 0 Å². The molecule has 0 aliphatic heterocycles. The van der Waals surface area contributed by atoms with Crippen molar-refractivity contribution in [3.63, 3.8) is 0 Å². The summed E-state index contributed by atoms with van der Waals surface area (Å²) >= 11 is 4.80. The third kappa shape index (κ3) is 5.57. The molecule has 0 unspecified atom stereocenters.